The molecule has 0 radical (unpaired) electrons. The number of carboxylic acids is 1. The summed E-state index contributed by atoms with van der Waals surface area (Å²) < 4.78 is 0. The van der Waals surface area contributed by atoms with Gasteiger partial charge in [0.2, 0.25) is 23.6 Å². The fraction of sp³-hybridized carbons (Fsp3) is 0.652. The molecule has 0 aliphatic carbocycles. The molecule has 4 atom stereocenters. The molecule has 4 unspecified atom stereocenters. The van der Waals surface area contributed by atoms with Crippen molar-refractivity contribution in [2.75, 3.05) is 13.1 Å². The number of hydrogen-bond donors (Lipinski definition) is 9. The van der Waals surface area contributed by atoms with Gasteiger partial charge >= 0.3 is 5.97 Å². The van der Waals surface area contributed by atoms with Crippen LogP contribution in [0.15, 0.2) is 12.5 Å². The Kier molecular flexibility index (Phi) is 15.2. The number of aromatic amines is 1. The summed E-state index contributed by atoms with van der Waals surface area (Å²) in [4.78, 5) is 68.4. The number of imidazole rings is 1. The topological polar surface area (TPSA) is 274 Å². The fourth-order valence-corrected chi connectivity index (χ4v) is 3.60. The number of aromatic nitrogens is 2. The predicted molar refractivity (Wildman–Crippen MR) is 138 cm³/mol. The highest BCUT2D eigenvalue weighted by molar-refractivity contribution is 5.94. The normalized spacial score (nSPS) is 14.1. The van der Waals surface area contributed by atoms with Crippen LogP contribution >= 0.6 is 0 Å². The number of hydrogen-bond acceptors (Lipinski definition) is 9. The summed E-state index contributed by atoms with van der Waals surface area (Å²) in [6, 6.07) is -4.49. The lowest BCUT2D eigenvalue weighted by atomic mass is 10.0. The van der Waals surface area contributed by atoms with Crippen LogP contribution < -0.4 is 38.9 Å². The largest absolute Gasteiger partial charge is 0.480 e. The van der Waals surface area contributed by atoms with Gasteiger partial charge in [0.25, 0.3) is 0 Å². The molecule has 0 bridgehead atoms. The molecule has 0 aromatic carbocycles. The summed E-state index contributed by atoms with van der Waals surface area (Å²) in [5.41, 5.74) is 22.6. The van der Waals surface area contributed by atoms with E-state index in [9.17, 15) is 29.1 Å². The first-order valence-corrected chi connectivity index (χ1v) is 12.6. The minimum Gasteiger partial charge on any atom is -0.480 e. The van der Waals surface area contributed by atoms with Crippen molar-refractivity contribution in [2.24, 2.45) is 22.9 Å². The van der Waals surface area contributed by atoms with Crippen molar-refractivity contribution in [3.8, 4) is 0 Å². The van der Waals surface area contributed by atoms with Crippen LogP contribution in [0.5, 0.6) is 0 Å². The fourth-order valence-electron chi connectivity index (χ4n) is 3.60. The molecular formula is C23H41N9O6. The zero-order valence-corrected chi connectivity index (χ0v) is 21.5. The Labute approximate surface area is 221 Å². The van der Waals surface area contributed by atoms with Crippen LogP contribution in [-0.4, -0.2) is 81.9 Å². The van der Waals surface area contributed by atoms with Gasteiger partial charge < -0.3 is 49.0 Å². The summed E-state index contributed by atoms with van der Waals surface area (Å²) in [5, 5.41) is 17.1. The number of primary amides is 1. The van der Waals surface area contributed by atoms with Gasteiger partial charge in [0, 0.05) is 24.7 Å². The molecule has 13 N–H and O–H groups in total. The summed E-state index contributed by atoms with van der Waals surface area (Å²) in [7, 11) is 0. The molecule has 0 spiro atoms. The Hall–Kier alpha value is -3.56. The van der Waals surface area contributed by atoms with Gasteiger partial charge in [-0.3, -0.25) is 19.2 Å². The summed E-state index contributed by atoms with van der Waals surface area (Å²) in [6.45, 7) is 0.815. The maximum atomic E-state index is 13.1. The first-order chi connectivity index (χ1) is 18.1. The number of amides is 4. The molecule has 1 rings (SSSR count). The highest BCUT2D eigenvalue weighted by Crippen LogP contribution is 2.07. The molecule has 0 aliphatic rings. The number of unbranched alkanes of at least 4 members (excludes halogenated alkanes) is 2. The van der Waals surface area contributed by atoms with Crippen LogP contribution in [0.3, 0.4) is 0 Å². The average molecular weight is 540 g/mol. The number of H-pyrrole nitrogens is 1. The first-order valence-electron chi connectivity index (χ1n) is 12.6. The number of rotatable bonds is 20. The van der Waals surface area contributed by atoms with E-state index < -0.39 is 53.8 Å². The van der Waals surface area contributed by atoms with E-state index in [-0.39, 0.29) is 25.7 Å². The first kappa shape index (κ1) is 32.5. The second-order valence-corrected chi connectivity index (χ2v) is 8.98. The number of aliphatic carboxylic acids is 1. The minimum atomic E-state index is -1.28. The van der Waals surface area contributed by atoms with Crippen molar-refractivity contribution in [2.45, 2.75) is 82.0 Å². The number of carbonyl (C=O) groups excluding carboxylic acids is 4. The monoisotopic (exact) mass is 539 g/mol. The van der Waals surface area contributed by atoms with Crippen molar-refractivity contribution in [1.29, 1.82) is 0 Å². The number of nitrogens with zero attached hydrogens (tertiary/aromatic N) is 1. The maximum absolute atomic E-state index is 13.1. The van der Waals surface area contributed by atoms with Gasteiger partial charge in [-0.1, -0.05) is 6.42 Å². The highest BCUT2D eigenvalue weighted by Gasteiger charge is 2.30. The lowest BCUT2D eigenvalue weighted by Crippen LogP contribution is -2.57. The number of nitrogens with one attached hydrogen (secondary N) is 4. The van der Waals surface area contributed by atoms with E-state index in [4.69, 9.17) is 22.9 Å². The van der Waals surface area contributed by atoms with Crippen LogP contribution in [0.2, 0.25) is 0 Å². The van der Waals surface area contributed by atoms with E-state index in [0.29, 0.717) is 50.9 Å². The molecule has 0 fully saturated rings. The zero-order valence-electron chi connectivity index (χ0n) is 21.5. The van der Waals surface area contributed by atoms with Crippen LogP contribution in [0.1, 0.15) is 57.1 Å². The lowest BCUT2D eigenvalue weighted by molar-refractivity contribution is -0.142. The average Bonchev–Trinajstić information content (AvgIpc) is 3.38. The lowest BCUT2D eigenvalue weighted by Gasteiger charge is -2.25. The smallest absolute Gasteiger partial charge is 0.326 e. The second kappa shape index (κ2) is 17.8. The predicted octanol–water partition coefficient (Wildman–Crippen LogP) is -2.66. The Morgan fingerprint density at radius 2 is 1.39 bits per heavy atom. The van der Waals surface area contributed by atoms with Crippen LogP contribution in [0.4, 0.5) is 0 Å². The second-order valence-electron chi connectivity index (χ2n) is 8.98. The van der Waals surface area contributed by atoms with Crippen molar-refractivity contribution in [1.82, 2.24) is 25.9 Å². The van der Waals surface area contributed by atoms with Crippen molar-refractivity contribution < 1.29 is 29.1 Å². The van der Waals surface area contributed by atoms with Gasteiger partial charge in [0.15, 0.2) is 0 Å². The molecule has 15 heteroatoms. The van der Waals surface area contributed by atoms with E-state index in [1.54, 1.807) is 0 Å². The molecule has 4 amide bonds. The SMILES string of the molecule is NCCCCC(N)C(=O)NC(CCC(N)=O)C(=O)NC(CCCCN)C(=O)NC(Cc1cnc[nH]1)C(=O)O. The van der Waals surface area contributed by atoms with E-state index in [1.807, 2.05) is 0 Å². The molecule has 0 saturated heterocycles. The van der Waals surface area contributed by atoms with Crippen molar-refractivity contribution >= 4 is 29.6 Å². The molecule has 38 heavy (non-hydrogen) atoms. The maximum Gasteiger partial charge on any atom is 0.326 e. The number of carbonyl (C=O) groups is 5. The molecule has 1 aromatic heterocycles. The van der Waals surface area contributed by atoms with E-state index in [0.717, 1.165) is 0 Å². The molecule has 1 aromatic rings. The third kappa shape index (κ3) is 12.6. The molecule has 0 aliphatic heterocycles. The molecule has 15 nitrogen and oxygen atoms in total. The van der Waals surface area contributed by atoms with Gasteiger partial charge in [-0.25, -0.2) is 9.78 Å². The minimum absolute atomic E-state index is 0.0517. The standard InChI is InChI=1S/C23H41N9O6/c24-9-3-1-5-15(26)20(34)30-17(7-8-19(27)33)22(36)31-16(6-2-4-10-25)21(35)32-18(23(37)38)11-14-12-28-13-29-14/h12-13,15-18H,1-11,24-26H2,(H2,27,33)(H,28,29)(H,30,34)(H,31,36)(H,32,35)(H,37,38). The van der Waals surface area contributed by atoms with E-state index >= 15 is 0 Å². The Morgan fingerprint density at radius 3 is 1.92 bits per heavy atom. The Balaban J connectivity index is 2.97. The van der Waals surface area contributed by atoms with Gasteiger partial charge in [-0.15, -0.1) is 0 Å². The molecule has 0 saturated carbocycles. The van der Waals surface area contributed by atoms with E-state index in [1.165, 1.54) is 12.5 Å². The van der Waals surface area contributed by atoms with Crippen molar-refractivity contribution in [3.63, 3.8) is 0 Å². The third-order valence-corrected chi connectivity index (χ3v) is 5.79. The van der Waals surface area contributed by atoms with Gasteiger partial charge in [-0.05, 0) is 51.6 Å². The zero-order chi connectivity index (χ0) is 28.5. The van der Waals surface area contributed by atoms with E-state index in [2.05, 4.69) is 25.9 Å². The molecular weight excluding hydrogens is 498 g/mol. The molecule has 1 heterocycles. The summed E-state index contributed by atoms with van der Waals surface area (Å²) >= 11 is 0. The van der Waals surface area contributed by atoms with Gasteiger partial charge in [-0.2, -0.15) is 0 Å². The molecule has 214 valence electrons. The summed E-state index contributed by atoms with van der Waals surface area (Å²) in [6.07, 6.45) is 5.32. The van der Waals surface area contributed by atoms with Crippen LogP contribution in [-0.2, 0) is 30.4 Å². The Bertz CT molecular complexity index is 896. The van der Waals surface area contributed by atoms with Gasteiger partial charge in [0.05, 0.1) is 12.4 Å². The van der Waals surface area contributed by atoms with Gasteiger partial charge in [0.1, 0.15) is 18.1 Å². The number of carboxylic acid groups (broad SMARTS) is 1. The Morgan fingerprint density at radius 1 is 0.842 bits per heavy atom. The van der Waals surface area contributed by atoms with Crippen molar-refractivity contribution in [3.05, 3.63) is 18.2 Å². The highest BCUT2D eigenvalue weighted by atomic mass is 16.4. The van der Waals surface area contributed by atoms with Crippen LogP contribution in [0, 0.1) is 0 Å². The third-order valence-electron chi connectivity index (χ3n) is 5.79. The van der Waals surface area contributed by atoms with Crippen LogP contribution in [0.25, 0.3) is 0 Å². The number of nitrogens with two attached hydrogens (primary N) is 4. The summed E-state index contributed by atoms with van der Waals surface area (Å²) in [5.74, 6) is -4.00. The quantitative estimate of drug-likeness (QED) is 0.0775.